The van der Waals surface area contributed by atoms with Crippen molar-refractivity contribution in [3.8, 4) is 5.75 Å². The predicted molar refractivity (Wildman–Crippen MR) is 63.1 cm³/mol. The van der Waals surface area contributed by atoms with Crippen molar-refractivity contribution < 1.29 is 4.74 Å². The molecule has 1 aliphatic rings. The molecule has 82 valence electrons. The molecule has 1 aliphatic carbocycles. The van der Waals surface area contributed by atoms with E-state index in [1.165, 1.54) is 12.8 Å². The van der Waals surface area contributed by atoms with Crippen molar-refractivity contribution in [2.24, 2.45) is 0 Å². The molecule has 1 heterocycles. The van der Waals surface area contributed by atoms with Crippen LogP contribution in [-0.4, -0.2) is 12.1 Å². The van der Waals surface area contributed by atoms with Crippen molar-refractivity contribution >= 4 is 10.9 Å². The van der Waals surface area contributed by atoms with Crippen LogP contribution in [-0.2, 0) is 0 Å². The number of methoxy groups -OCH3 is 1. The molecule has 1 aromatic heterocycles. The second kappa shape index (κ2) is 3.37. The highest BCUT2D eigenvalue weighted by Gasteiger charge is 2.24. The van der Waals surface area contributed by atoms with Crippen molar-refractivity contribution in [1.82, 2.24) is 4.98 Å². The smallest absolute Gasteiger partial charge is 0.189 e. The number of H-pyrrole nitrogens is 1. The third kappa shape index (κ3) is 1.48. The Morgan fingerprint density at radius 2 is 2.12 bits per heavy atom. The van der Waals surface area contributed by atoms with E-state index in [4.69, 9.17) is 4.74 Å². The minimum Gasteiger partial charge on any atom is -0.497 e. The Morgan fingerprint density at radius 1 is 1.31 bits per heavy atom. The third-order valence-electron chi connectivity index (χ3n) is 3.07. The summed E-state index contributed by atoms with van der Waals surface area (Å²) in [5.41, 5.74) is 2.05. The number of rotatable bonds is 2. The summed E-state index contributed by atoms with van der Waals surface area (Å²) < 4.78 is 5.11. The number of hydrogen-bond donors (Lipinski definition) is 1. The zero-order valence-electron chi connectivity index (χ0n) is 9.12. The fraction of sp³-hybridized carbons (Fsp3) is 0.308. The number of aromatic amines is 1. The number of hydrogen-bond acceptors (Lipinski definition) is 2. The van der Waals surface area contributed by atoms with Gasteiger partial charge >= 0.3 is 0 Å². The van der Waals surface area contributed by atoms with E-state index in [9.17, 15) is 4.79 Å². The van der Waals surface area contributed by atoms with E-state index in [1.807, 2.05) is 12.1 Å². The van der Waals surface area contributed by atoms with E-state index in [-0.39, 0.29) is 5.43 Å². The van der Waals surface area contributed by atoms with Gasteiger partial charge in [0.15, 0.2) is 5.43 Å². The highest BCUT2D eigenvalue weighted by molar-refractivity contribution is 5.80. The zero-order chi connectivity index (χ0) is 11.1. The lowest BCUT2D eigenvalue weighted by Gasteiger charge is -2.04. The van der Waals surface area contributed by atoms with Gasteiger partial charge < -0.3 is 9.72 Å². The maximum Gasteiger partial charge on any atom is 0.189 e. The molecule has 1 aromatic carbocycles. The van der Waals surface area contributed by atoms with Crippen LogP contribution in [0.2, 0.25) is 0 Å². The first-order chi connectivity index (χ1) is 7.78. The van der Waals surface area contributed by atoms with E-state index >= 15 is 0 Å². The second-order valence-electron chi connectivity index (χ2n) is 4.27. The number of nitrogens with one attached hydrogen (secondary N) is 1. The Balaban J connectivity index is 2.24. The van der Waals surface area contributed by atoms with Crippen LogP contribution in [0.4, 0.5) is 0 Å². The highest BCUT2D eigenvalue weighted by Crippen LogP contribution is 2.38. The van der Waals surface area contributed by atoms with E-state index in [2.05, 4.69) is 4.98 Å². The molecule has 0 amide bonds. The van der Waals surface area contributed by atoms with E-state index in [1.54, 1.807) is 19.2 Å². The maximum atomic E-state index is 11.9. The summed E-state index contributed by atoms with van der Waals surface area (Å²) in [7, 11) is 1.61. The van der Waals surface area contributed by atoms with Gasteiger partial charge in [-0.05, 0) is 37.0 Å². The van der Waals surface area contributed by atoms with Crippen molar-refractivity contribution in [3.63, 3.8) is 0 Å². The van der Waals surface area contributed by atoms with Gasteiger partial charge in [0.25, 0.3) is 0 Å². The molecule has 1 N–H and O–H groups in total. The predicted octanol–water partition coefficient (Wildman–Crippen LogP) is 2.41. The third-order valence-corrected chi connectivity index (χ3v) is 3.07. The van der Waals surface area contributed by atoms with Crippen molar-refractivity contribution in [3.05, 3.63) is 40.2 Å². The van der Waals surface area contributed by atoms with Gasteiger partial charge in [0.1, 0.15) is 5.75 Å². The van der Waals surface area contributed by atoms with Gasteiger partial charge in [-0.2, -0.15) is 0 Å². The molecule has 0 saturated heterocycles. The Labute approximate surface area is 93.1 Å². The van der Waals surface area contributed by atoms with E-state index in [0.29, 0.717) is 11.3 Å². The van der Waals surface area contributed by atoms with Crippen LogP contribution in [0.15, 0.2) is 29.1 Å². The molecule has 0 spiro atoms. The molecule has 0 atom stereocenters. The zero-order valence-corrected chi connectivity index (χ0v) is 9.12. The molecule has 0 radical (unpaired) electrons. The van der Waals surface area contributed by atoms with Crippen molar-refractivity contribution in [2.75, 3.05) is 7.11 Å². The van der Waals surface area contributed by atoms with Crippen LogP contribution < -0.4 is 10.2 Å². The maximum absolute atomic E-state index is 11.9. The largest absolute Gasteiger partial charge is 0.497 e. The average Bonchev–Trinajstić information content (AvgIpc) is 3.12. The van der Waals surface area contributed by atoms with E-state index < -0.39 is 0 Å². The number of benzene rings is 1. The summed E-state index contributed by atoms with van der Waals surface area (Å²) in [5, 5.41) is 0.698. The van der Waals surface area contributed by atoms with Gasteiger partial charge in [0, 0.05) is 22.7 Å². The summed E-state index contributed by atoms with van der Waals surface area (Å²) in [6.45, 7) is 0. The van der Waals surface area contributed by atoms with Crippen molar-refractivity contribution in [2.45, 2.75) is 18.8 Å². The number of ether oxygens (including phenoxy) is 1. The molecule has 3 nitrogen and oxygen atoms in total. The quantitative estimate of drug-likeness (QED) is 0.835. The normalized spacial score (nSPS) is 15.3. The number of aromatic nitrogens is 1. The second-order valence-corrected chi connectivity index (χ2v) is 4.27. The van der Waals surface area contributed by atoms with Gasteiger partial charge in [-0.1, -0.05) is 0 Å². The molecular weight excluding hydrogens is 202 g/mol. The first kappa shape index (κ1) is 9.46. The number of fused-ring (bicyclic) bond motifs is 1. The fourth-order valence-electron chi connectivity index (χ4n) is 1.99. The van der Waals surface area contributed by atoms with Gasteiger partial charge in [-0.15, -0.1) is 0 Å². The molecule has 0 unspecified atom stereocenters. The summed E-state index contributed by atoms with van der Waals surface area (Å²) >= 11 is 0. The molecule has 1 saturated carbocycles. The Kier molecular flexibility index (Phi) is 1.99. The summed E-state index contributed by atoms with van der Waals surface area (Å²) in [5.74, 6) is 1.29. The minimum atomic E-state index is 0.0783. The Hall–Kier alpha value is -1.77. The average molecular weight is 215 g/mol. The van der Waals surface area contributed by atoms with Gasteiger partial charge in [-0.25, -0.2) is 0 Å². The molecule has 0 aliphatic heterocycles. The highest BCUT2D eigenvalue weighted by atomic mass is 16.5. The fourth-order valence-corrected chi connectivity index (χ4v) is 1.99. The summed E-state index contributed by atoms with van der Waals surface area (Å²) in [4.78, 5) is 15.2. The van der Waals surface area contributed by atoms with Crippen LogP contribution in [0.25, 0.3) is 10.9 Å². The topological polar surface area (TPSA) is 42.1 Å². The minimum absolute atomic E-state index is 0.0783. The summed E-state index contributed by atoms with van der Waals surface area (Å²) in [6, 6.07) is 7.28. The lowest BCUT2D eigenvalue weighted by Crippen LogP contribution is -2.04. The van der Waals surface area contributed by atoms with Crippen LogP contribution in [0.1, 0.15) is 24.5 Å². The summed E-state index contributed by atoms with van der Waals surface area (Å²) in [6.07, 6.45) is 2.38. The van der Waals surface area contributed by atoms with Gasteiger partial charge in [0.2, 0.25) is 0 Å². The molecule has 3 heteroatoms. The van der Waals surface area contributed by atoms with Crippen molar-refractivity contribution in [1.29, 1.82) is 0 Å². The first-order valence-electron chi connectivity index (χ1n) is 5.49. The number of pyridine rings is 1. The molecule has 3 rings (SSSR count). The molecule has 16 heavy (non-hydrogen) atoms. The van der Waals surface area contributed by atoms with E-state index in [0.717, 1.165) is 17.0 Å². The Bertz CT molecular complexity index is 596. The van der Waals surface area contributed by atoms with Crippen LogP contribution in [0, 0.1) is 0 Å². The molecule has 0 bridgehead atoms. The monoisotopic (exact) mass is 215 g/mol. The van der Waals surface area contributed by atoms with Gasteiger partial charge in [0.05, 0.1) is 7.11 Å². The van der Waals surface area contributed by atoms with Crippen LogP contribution in [0.5, 0.6) is 5.75 Å². The molecule has 2 aromatic rings. The van der Waals surface area contributed by atoms with Crippen LogP contribution in [0.3, 0.4) is 0 Å². The standard InChI is InChI=1S/C13H13NO2/c1-16-9-4-5-11-10(6-9)13(15)7-12(14-11)8-2-3-8/h4-8H,2-3H2,1H3,(H,14,15). The Morgan fingerprint density at radius 3 is 2.81 bits per heavy atom. The first-order valence-corrected chi connectivity index (χ1v) is 5.49. The molecular formula is C13H13NO2. The molecule has 1 fully saturated rings. The lowest BCUT2D eigenvalue weighted by molar-refractivity contribution is 0.415. The van der Waals surface area contributed by atoms with Gasteiger partial charge in [-0.3, -0.25) is 4.79 Å². The lowest BCUT2D eigenvalue weighted by atomic mass is 10.1. The SMILES string of the molecule is COc1ccc2[nH]c(C3CC3)cc(=O)c2c1. The van der Waals surface area contributed by atoms with Crippen LogP contribution >= 0.6 is 0 Å².